The van der Waals surface area contributed by atoms with Gasteiger partial charge in [-0.05, 0) is 49.9 Å². The van der Waals surface area contributed by atoms with Crippen molar-refractivity contribution in [3.8, 4) is 11.5 Å². The summed E-state index contributed by atoms with van der Waals surface area (Å²) in [5, 5.41) is 8.40. The van der Waals surface area contributed by atoms with Crippen molar-refractivity contribution >= 4 is 23.3 Å². The molecule has 11 nitrogen and oxygen atoms in total. The number of nitrogen functional groups attached to an aromatic ring is 2. The number of rotatable bonds is 3. The lowest BCUT2D eigenvalue weighted by molar-refractivity contribution is 0.0997. The monoisotopic (exact) mass is 479 g/mol. The molecule has 0 saturated carbocycles. The van der Waals surface area contributed by atoms with Crippen molar-refractivity contribution in [1.29, 1.82) is 0 Å². The summed E-state index contributed by atoms with van der Waals surface area (Å²) in [5.41, 5.74) is 17.3. The summed E-state index contributed by atoms with van der Waals surface area (Å²) in [6.07, 6.45) is 6.90. The Morgan fingerprint density at radius 3 is 2.34 bits per heavy atom. The quantitative estimate of drug-likeness (QED) is 0.476. The van der Waals surface area contributed by atoms with Crippen LogP contribution in [0, 0.1) is 0 Å². The van der Waals surface area contributed by atoms with Gasteiger partial charge in [0.25, 0.3) is 0 Å². The second-order valence-corrected chi connectivity index (χ2v) is 8.01. The normalized spacial score (nSPS) is 14.3. The first-order valence-electron chi connectivity index (χ1n) is 11.7. The number of nitrogens with zero attached hydrogens (tertiary/aromatic N) is 6. The van der Waals surface area contributed by atoms with Crippen LogP contribution in [0.4, 0.5) is 11.6 Å². The van der Waals surface area contributed by atoms with E-state index in [4.69, 9.17) is 21.9 Å². The van der Waals surface area contributed by atoms with Gasteiger partial charge in [0.15, 0.2) is 17.5 Å². The highest BCUT2D eigenvalue weighted by atomic mass is 16.5. The van der Waals surface area contributed by atoms with E-state index in [9.17, 15) is 4.79 Å². The van der Waals surface area contributed by atoms with Crippen LogP contribution in [0.3, 0.4) is 0 Å². The van der Waals surface area contributed by atoms with Crippen molar-refractivity contribution in [1.82, 2.24) is 24.7 Å². The summed E-state index contributed by atoms with van der Waals surface area (Å²) >= 11 is 0. The maximum absolute atomic E-state index is 10.9. The Morgan fingerprint density at radius 1 is 0.971 bits per heavy atom. The van der Waals surface area contributed by atoms with E-state index >= 15 is 0 Å². The van der Waals surface area contributed by atoms with Crippen LogP contribution in [-0.2, 0) is 17.7 Å². The number of aliphatic imine (C=N–C) groups is 1. The standard InChI is InChI=1S/C11H13N5.C7H9N3O.C6H11NO/c12-9-5-3-4-8(13-9)11-15-14-10-6-1-2-7-16(10)11;8-4-6(11)5-2-1-3-7(9)10-5;1-8-6-4-2-3-5-7-6/h3-5H,1-2,6-7H2,(H2,12,13);1-3H,4,8H2,(H2,9,10);2-5H2,1H3. The van der Waals surface area contributed by atoms with Crippen LogP contribution in [0.15, 0.2) is 41.4 Å². The topological polar surface area (TPSA) is 173 Å². The molecule has 0 unspecified atom stereocenters. The van der Waals surface area contributed by atoms with E-state index in [1.807, 2.05) is 12.1 Å². The minimum Gasteiger partial charge on any atom is -0.484 e. The first-order chi connectivity index (χ1) is 17.0. The van der Waals surface area contributed by atoms with Gasteiger partial charge >= 0.3 is 0 Å². The molecule has 0 radical (unpaired) electrons. The molecule has 0 atom stereocenters. The molecule has 2 aliphatic rings. The van der Waals surface area contributed by atoms with Crippen molar-refractivity contribution in [2.75, 3.05) is 31.7 Å². The molecule has 0 saturated heterocycles. The maximum Gasteiger partial charge on any atom is 0.194 e. The van der Waals surface area contributed by atoms with Gasteiger partial charge in [-0.15, -0.1) is 10.2 Å². The lowest BCUT2D eigenvalue weighted by Crippen LogP contribution is -2.15. The molecule has 0 amide bonds. The van der Waals surface area contributed by atoms with Crippen molar-refractivity contribution in [3.63, 3.8) is 0 Å². The fourth-order valence-electron chi connectivity index (χ4n) is 3.62. The van der Waals surface area contributed by atoms with Gasteiger partial charge in [0.2, 0.25) is 0 Å². The highest BCUT2D eigenvalue weighted by molar-refractivity contribution is 5.95. The molecule has 3 aromatic rings. The van der Waals surface area contributed by atoms with Crippen LogP contribution in [-0.4, -0.2) is 56.6 Å². The third-order valence-electron chi connectivity index (χ3n) is 5.42. The summed E-state index contributed by atoms with van der Waals surface area (Å²) in [7, 11) is 1.68. The van der Waals surface area contributed by atoms with Gasteiger partial charge in [-0.3, -0.25) is 9.79 Å². The second-order valence-electron chi connectivity index (χ2n) is 8.01. The molecule has 11 heteroatoms. The smallest absolute Gasteiger partial charge is 0.194 e. The van der Waals surface area contributed by atoms with E-state index in [0.29, 0.717) is 17.3 Å². The summed E-state index contributed by atoms with van der Waals surface area (Å²) in [4.78, 5) is 23.1. The lowest BCUT2D eigenvalue weighted by atomic mass is 10.1. The molecule has 0 aromatic carbocycles. The number of anilines is 2. The van der Waals surface area contributed by atoms with Crippen molar-refractivity contribution in [3.05, 3.63) is 47.9 Å². The Balaban J connectivity index is 0.000000157. The minimum atomic E-state index is -0.197. The molecule has 6 N–H and O–H groups in total. The summed E-state index contributed by atoms with van der Waals surface area (Å²) < 4.78 is 7.09. The molecule has 0 spiro atoms. The number of aromatic nitrogens is 5. The fourth-order valence-corrected chi connectivity index (χ4v) is 3.62. The molecule has 186 valence electrons. The van der Waals surface area contributed by atoms with E-state index in [0.717, 1.165) is 49.2 Å². The van der Waals surface area contributed by atoms with Crippen molar-refractivity contribution in [2.45, 2.75) is 45.1 Å². The molecule has 0 aliphatic carbocycles. The first kappa shape index (κ1) is 25.8. The predicted octanol–water partition coefficient (Wildman–Crippen LogP) is 2.28. The number of methoxy groups -OCH3 is 1. The molecule has 2 aliphatic heterocycles. The largest absolute Gasteiger partial charge is 0.484 e. The van der Waals surface area contributed by atoms with Gasteiger partial charge in [-0.25, -0.2) is 9.97 Å². The molecular weight excluding hydrogens is 446 g/mol. The van der Waals surface area contributed by atoms with E-state index in [2.05, 4.69) is 29.7 Å². The number of ether oxygens (including phenoxy) is 1. The Bertz CT molecular complexity index is 1140. The maximum atomic E-state index is 10.9. The fraction of sp³-hybridized carbons (Fsp3) is 0.417. The van der Waals surface area contributed by atoms with E-state index in [-0.39, 0.29) is 12.3 Å². The number of Topliss-reactive ketones (excluding diaryl/α,β-unsaturated/α-hetero) is 1. The van der Waals surface area contributed by atoms with E-state index < -0.39 is 0 Å². The number of nitrogens with two attached hydrogens (primary N) is 3. The first-order valence-corrected chi connectivity index (χ1v) is 11.7. The molecule has 0 bridgehead atoms. The Morgan fingerprint density at radius 2 is 1.71 bits per heavy atom. The number of pyridine rings is 2. The van der Waals surface area contributed by atoms with Crippen LogP contribution in [0.1, 0.15) is 48.4 Å². The molecule has 35 heavy (non-hydrogen) atoms. The number of aryl methyl sites for hydroxylation is 1. The van der Waals surface area contributed by atoms with Gasteiger partial charge in [0, 0.05) is 25.9 Å². The SMILES string of the molecule is COC1=NCCCC1.NCC(=O)c1cccc(N)n1.Nc1cccc(-c2nnc3n2CCCC3)n1. The Labute approximate surface area is 204 Å². The Kier molecular flexibility index (Phi) is 9.67. The number of fused-ring (bicyclic) bond motifs is 1. The Hall–Kier alpha value is -3.86. The van der Waals surface area contributed by atoms with Gasteiger partial charge in [-0.1, -0.05) is 12.1 Å². The van der Waals surface area contributed by atoms with Crippen molar-refractivity contribution in [2.24, 2.45) is 10.7 Å². The van der Waals surface area contributed by atoms with E-state index in [1.54, 1.807) is 31.4 Å². The average molecular weight is 480 g/mol. The third kappa shape index (κ3) is 7.57. The minimum absolute atomic E-state index is 0.0313. The zero-order chi connectivity index (χ0) is 25.0. The van der Waals surface area contributed by atoms with Crippen LogP contribution >= 0.6 is 0 Å². The highest BCUT2D eigenvalue weighted by Gasteiger charge is 2.17. The van der Waals surface area contributed by atoms with Crippen molar-refractivity contribution < 1.29 is 9.53 Å². The van der Waals surface area contributed by atoms with Crippen LogP contribution in [0.2, 0.25) is 0 Å². The zero-order valence-corrected chi connectivity index (χ0v) is 20.1. The molecule has 3 aromatic heterocycles. The van der Waals surface area contributed by atoms with Gasteiger partial charge in [0.05, 0.1) is 13.7 Å². The van der Waals surface area contributed by atoms with Gasteiger partial charge in [-0.2, -0.15) is 0 Å². The van der Waals surface area contributed by atoms with Crippen LogP contribution in [0.25, 0.3) is 11.5 Å². The molecule has 5 heterocycles. The summed E-state index contributed by atoms with van der Waals surface area (Å²) in [5.74, 6) is 3.48. The zero-order valence-electron chi connectivity index (χ0n) is 20.1. The van der Waals surface area contributed by atoms with Crippen LogP contribution in [0.5, 0.6) is 0 Å². The molecule has 0 fully saturated rings. The average Bonchev–Trinajstić information content (AvgIpc) is 3.34. The van der Waals surface area contributed by atoms with E-state index in [1.165, 1.54) is 25.7 Å². The molecular formula is C24H33N9O2. The lowest BCUT2D eigenvalue weighted by Gasteiger charge is -2.14. The summed E-state index contributed by atoms with van der Waals surface area (Å²) in [6, 6.07) is 10.5. The predicted molar refractivity (Wildman–Crippen MR) is 136 cm³/mol. The highest BCUT2D eigenvalue weighted by Crippen LogP contribution is 2.21. The molecule has 5 rings (SSSR count). The number of carbonyl (C=O) groups is 1. The van der Waals surface area contributed by atoms with Gasteiger partial charge in [0.1, 0.15) is 28.8 Å². The van der Waals surface area contributed by atoms with Crippen LogP contribution < -0.4 is 17.2 Å². The number of hydrogen-bond donors (Lipinski definition) is 3. The third-order valence-corrected chi connectivity index (χ3v) is 5.42. The summed E-state index contributed by atoms with van der Waals surface area (Å²) in [6.45, 7) is 1.91. The number of carbonyl (C=O) groups excluding carboxylic acids is 1. The second kappa shape index (κ2) is 13.1. The number of hydrogen-bond acceptors (Lipinski definition) is 10. The van der Waals surface area contributed by atoms with Gasteiger partial charge < -0.3 is 26.5 Å². The number of ketones is 1.